The average molecular weight is 184 g/mol. The highest BCUT2D eigenvalue weighted by atomic mass is 16.5. The zero-order valence-electron chi connectivity index (χ0n) is 8.46. The van der Waals surface area contributed by atoms with Crippen LogP contribution in [0.15, 0.2) is 12.7 Å². The number of rotatable bonds is 5. The van der Waals surface area contributed by atoms with Gasteiger partial charge >= 0.3 is 0 Å². The second kappa shape index (κ2) is 6.13. The fraction of sp³-hybridized carbons (Fsp3) is 0.800. The molecule has 1 unspecified atom stereocenters. The van der Waals surface area contributed by atoms with E-state index in [2.05, 4.69) is 23.7 Å². The third kappa shape index (κ3) is 4.41. The maximum atomic E-state index is 5.28. The van der Waals surface area contributed by atoms with E-state index in [1.807, 2.05) is 6.08 Å². The maximum Gasteiger partial charge on any atom is 0.0594 e. The lowest BCUT2D eigenvalue weighted by Gasteiger charge is -2.29. The molecule has 0 saturated carbocycles. The number of hydrogen-bond acceptors (Lipinski definition) is 3. The highest BCUT2D eigenvalue weighted by molar-refractivity contribution is 4.75. The molecule has 0 amide bonds. The van der Waals surface area contributed by atoms with Gasteiger partial charge in [-0.25, -0.2) is 0 Å². The molecule has 3 heteroatoms. The molecule has 0 aromatic heterocycles. The largest absolute Gasteiger partial charge is 0.379 e. The normalized spacial score (nSPS) is 21.3. The first-order chi connectivity index (χ1) is 6.33. The van der Waals surface area contributed by atoms with Gasteiger partial charge in [0.2, 0.25) is 0 Å². The average Bonchev–Trinajstić information content (AvgIpc) is 2.16. The topological polar surface area (TPSA) is 24.5 Å². The van der Waals surface area contributed by atoms with Crippen molar-refractivity contribution < 1.29 is 4.74 Å². The summed E-state index contributed by atoms with van der Waals surface area (Å²) >= 11 is 0. The Labute approximate surface area is 80.8 Å². The summed E-state index contributed by atoms with van der Waals surface area (Å²) in [5, 5.41) is 3.38. The summed E-state index contributed by atoms with van der Waals surface area (Å²) in [4.78, 5) is 2.43. The Balaban J connectivity index is 2.10. The predicted octanol–water partition coefficient (Wildman–Crippen LogP) is 0.483. The first-order valence-corrected chi connectivity index (χ1v) is 4.97. The summed E-state index contributed by atoms with van der Waals surface area (Å²) < 4.78 is 5.28. The van der Waals surface area contributed by atoms with Crippen LogP contribution in [0.25, 0.3) is 0 Å². The summed E-state index contributed by atoms with van der Waals surface area (Å²) in [5.41, 5.74) is 0. The fourth-order valence-electron chi connectivity index (χ4n) is 1.52. The van der Waals surface area contributed by atoms with Gasteiger partial charge in [-0.15, -0.1) is 6.58 Å². The standard InChI is InChI=1S/C10H20N2O/c1-3-4-11-10(2)9-12-5-7-13-8-6-12/h3,10-11H,1,4-9H2,2H3. The molecule has 76 valence electrons. The minimum absolute atomic E-state index is 0.538. The first-order valence-electron chi connectivity index (χ1n) is 4.97. The Morgan fingerprint density at radius 2 is 2.23 bits per heavy atom. The van der Waals surface area contributed by atoms with Crippen LogP contribution in [0.2, 0.25) is 0 Å². The molecule has 0 radical (unpaired) electrons. The third-order valence-electron chi connectivity index (χ3n) is 2.25. The van der Waals surface area contributed by atoms with E-state index < -0.39 is 0 Å². The van der Waals surface area contributed by atoms with Crippen molar-refractivity contribution in [1.82, 2.24) is 10.2 Å². The molecule has 13 heavy (non-hydrogen) atoms. The molecule has 1 heterocycles. The minimum atomic E-state index is 0.538. The van der Waals surface area contributed by atoms with E-state index in [4.69, 9.17) is 4.74 Å². The van der Waals surface area contributed by atoms with E-state index >= 15 is 0 Å². The molecular weight excluding hydrogens is 164 g/mol. The number of ether oxygens (including phenoxy) is 1. The molecule has 1 fully saturated rings. The van der Waals surface area contributed by atoms with Gasteiger partial charge in [0.1, 0.15) is 0 Å². The Hall–Kier alpha value is -0.380. The van der Waals surface area contributed by atoms with E-state index in [-0.39, 0.29) is 0 Å². The van der Waals surface area contributed by atoms with Crippen molar-refractivity contribution in [2.45, 2.75) is 13.0 Å². The molecule has 1 rings (SSSR count). The van der Waals surface area contributed by atoms with E-state index in [0.29, 0.717) is 6.04 Å². The molecule has 0 aliphatic carbocycles. The van der Waals surface area contributed by atoms with Gasteiger partial charge in [0.05, 0.1) is 13.2 Å². The van der Waals surface area contributed by atoms with Crippen LogP contribution in [0.5, 0.6) is 0 Å². The number of hydrogen-bond donors (Lipinski definition) is 1. The van der Waals surface area contributed by atoms with Gasteiger partial charge in [-0.3, -0.25) is 4.90 Å². The predicted molar refractivity (Wildman–Crippen MR) is 54.9 cm³/mol. The first kappa shape index (κ1) is 10.7. The van der Waals surface area contributed by atoms with Crippen LogP contribution in [-0.2, 0) is 4.74 Å². The number of morpholine rings is 1. The lowest BCUT2D eigenvalue weighted by atomic mass is 10.3. The van der Waals surface area contributed by atoms with Crippen LogP contribution >= 0.6 is 0 Å². The van der Waals surface area contributed by atoms with Crippen molar-refractivity contribution in [1.29, 1.82) is 0 Å². The van der Waals surface area contributed by atoms with Crippen molar-refractivity contribution in [3.63, 3.8) is 0 Å². The molecule has 0 bridgehead atoms. The van der Waals surface area contributed by atoms with Gasteiger partial charge < -0.3 is 10.1 Å². The zero-order chi connectivity index (χ0) is 9.52. The van der Waals surface area contributed by atoms with E-state index in [0.717, 1.165) is 39.4 Å². The van der Waals surface area contributed by atoms with Crippen LogP contribution < -0.4 is 5.32 Å². The van der Waals surface area contributed by atoms with Crippen LogP contribution in [0.3, 0.4) is 0 Å². The summed E-state index contributed by atoms with van der Waals surface area (Å²) in [6, 6.07) is 0.538. The van der Waals surface area contributed by atoms with Crippen LogP contribution in [0.1, 0.15) is 6.92 Å². The zero-order valence-corrected chi connectivity index (χ0v) is 8.46. The van der Waals surface area contributed by atoms with Crippen molar-refractivity contribution in [3.05, 3.63) is 12.7 Å². The molecular formula is C10H20N2O. The molecule has 0 spiro atoms. The minimum Gasteiger partial charge on any atom is -0.379 e. The highest BCUT2D eigenvalue weighted by Crippen LogP contribution is 1.97. The van der Waals surface area contributed by atoms with Crippen molar-refractivity contribution >= 4 is 0 Å². The summed E-state index contributed by atoms with van der Waals surface area (Å²) in [6.07, 6.45) is 1.90. The summed E-state index contributed by atoms with van der Waals surface area (Å²) in [5.74, 6) is 0. The SMILES string of the molecule is C=CCNC(C)CN1CCOCC1. The maximum absolute atomic E-state index is 5.28. The Bertz CT molecular complexity index is 144. The molecule has 1 N–H and O–H groups in total. The Kier molecular flexibility index (Phi) is 5.05. The molecule has 3 nitrogen and oxygen atoms in total. The van der Waals surface area contributed by atoms with E-state index in [9.17, 15) is 0 Å². The lowest BCUT2D eigenvalue weighted by molar-refractivity contribution is 0.0346. The Morgan fingerprint density at radius 1 is 1.54 bits per heavy atom. The smallest absolute Gasteiger partial charge is 0.0594 e. The van der Waals surface area contributed by atoms with Crippen molar-refractivity contribution in [2.75, 3.05) is 39.4 Å². The van der Waals surface area contributed by atoms with Gasteiger partial charge in [0, 0.05) is 32.2 Å². The second-order valence-corrected chi connectivity index (χ2v) is 3.51. The van der Waals surface area contributed by atoms with Gasteiger partial charge in [-0.1, -0.05) is 6.08 Å². The molecule has 0 aromatic carbocycles. The molecule has 1 atom stereocenters. The molecule has 0 aromatic rings. The van der Waals surface area contributed by atoms with Gasteiger partial charge in [0.15, 0.2) is 0 Å². The lowest BCUT2D eigenvalue weighted by Crippen LogP contribution is -2.44. The van der Waals surface area contributed by atoms with Gasteiger partial charge in [-0.2, -0.15) is 0 Å². The van der Waals surface area contributed by atoms with Crippen LogP contribution in [-0.4, -0.2) is 50.3 Å². The second-order valence-electron chi connectivity index (χ2n) is 3.51. The van der Waals surface area contributed by atoms with E-state index in [1.54, 1.807) is 0 Å². The molecule has 1 saturated heterocycles. The number of nitrogens with one attached hydrogen (secondary N) is 1. The van der Waals surface area contributed by atoms with Crippen molar-refractivity contribution in [3.8, 4) is 0 Å². The Morgan fingerprint density at radius 3 is 2.85 bits per heavy atom. The summed E-state index contributed by atoms with van der Waals surface area (Å²) in [7, 11) is 0. The molecule has 1 aliphatic heterocycles. The summed E-state index contributed by atoms with van der Waals surface area (Å²) in [6.45, 7) is 11.8. The van der Waals surface area contributed by atoms with Gasteiger partial charge in [0.25, 0.3) is 0 Å². The quantitative estimate of drug-likeness (QED) is 0.629. The van der Waals surface area contributed by atoms with Gasteiger partial charge in [-0.05, 0) is 6.92 Å². The van der Waals surface area contributed by atoms with Crippen LogP contribution in [0.4, 0.5) is 0 Å². The fourth-order valence-corrected chi connectivity index (χ4v) is 1.52. The number of nitrogens with zero attached hydrogens (tertiary/aromatic N) is 1. The molecule has 1 aliphatic rings. The van der Waals surface area contributed by atoms with E-state index in [1.165, 1.54) is 0 Å². The van der Waals surface area contributed by atoms with Crippen LogP contribution in [0, 0.1) is 0 Å². The monoisotopic (exact) mass is 184 g/mol. The van der Waals surface area contributed by atoms with Crippen molar-refractivity contribution in [2.24, 2.45) is 0 Å². The third-order valence-corrected chi connectivity index (χ3v) is 2.25. The highest BCUT2D eigenvalue weighted by Gasteiger charge is 2.12.